The van der Waals surface area contributed by atoms with Crippen LogP contribution in [0.4, 0.5) is 28.9 Å². The maximum atomic E-state index is 14.2. The molecule has 9 aromatic rings. The summed E-state index contributed by atoms with van der Waals surface area (Å²) >= 11 is 0. The number of aldehydes is 1. The number of non-ortho nitro benzene ring substituents is 1. The Balaban J connectivity index is 0.000000202. The Hall–Kier alpha value is -10.3. The number of benzene rings is 9. The van der Waals surface area contributed by atoms with Gasteiger partial charge in [-0.25, -0.2) is 8.78 Å². The predicted molar refractivity (Wildman–Crippen MR) is 389 cm³/mol. The van der Waals surface area contributed by atoms with Crippen molar-refractivity contribution in [1.82, 2.24) is 0 Å². The molecule has 4 aliphatic rings. The first kappa shape index (κ1) is 81.7. The number of carbonyl (C=O) groups excluding carboxylic acids is 1. The van der Waals surface area contributed by atoms with E-state index in [1.807, 2.05) is 76.2 Å². The van der Waals surface area contributed by atoms with Gasteiger partial charge in [0, 0.05) is 133 Å². The zero-order chi connectivity index (χ0) is 72.9. The number of hydrogen-bond acceptors (Lipinski definition) is 14. The summed E-state index contributed by atoms with van der Waals surface area (Å²) < 4.78 is 65.6. The molecule has 23 heteroatoms. The smallest absolute Gasteiger partial charge is 0.272 e. The van der Waals surface area contributed by atoms with Gasteiger partial charge in [-0.3, -0.25) is 43.7 Å². The molecule has 0 fully saturated rings. The van der Waals surface area contributed by atoms with Gasteiger partial charge < -0.3 is 29.9 Å². The Bertz CT molecular complexity index is 4670. The second-order valence-corrected chi connectivity index (χ2v) is 23.1. The minimum Gasteiger partial charge on any atom is -0.507 e. The second kappa shape index (κ2) is 39.2. The third kappa shape index (κ3) is 21.9. The zero-order valence-electron chi connectivity index (χ0n) is 57.6. The number of phenolic OH excluding ortho intramolecular Hbond substituents is 4. The van der Waals surface area contributed by atoms with Crippen molar-refractivity contribution in [2.75, 3.05) is 40.4 Å². The van der Waals surface area contributed by atoms with Crippen molar-refractivity contribution >= 4 is 62.8 Å². The Labute approximate surface area is 644 Å². The fourth-order valence-electron chi connectivity index (χ4n) is 10.5. The molecule has 0 bridgehead atoms. The molecule has 4 aliphatic heterocycles. The molecule has 103 heavy (non-hydrogen) atoms. The number of azide groups is 1. The van der Waals surface area contributed by atoms with E-state index < -0.39 is 16.6 Å². The number of aromatic hydroxyl groups is 4. The molecule has 17 nitrogen and oxygen atoms in total. The molecular formula is C80H70F4N8O9Y2-2. The molecule has 9 aromatic carbocycles. The van der Waals surface area contributed by atoms with Gasteiger partial charge in [0.1, 0.15) is 46.1 Å². The van der Waals surface area contributed by atoms with Crippen LogP contribution >= 0.6 is 0 Å². The molecule has 0 spiro atoms. The van der Waals surface area contributed by atoms with Crippen LogP contribution in [0.5, 0.6) is 34.5 Å². The van der Waals surface area contributed by atoms with E-state index in [-0.39, 0.29) is 124 Å². The number of halogens is 4. The van der Waals surface area contributed by atoms with Crippen LogP contribution in [0.25, 0.3) is 32.7 Å². The van der Waals surface area contributed by atoms with Crippen LogP contribution in [0.3, 0.4) is 0 Å². The van der Waals surface area contributed by atoms with Crippen LogP contribution in [0, 0.1) is 73.2 Å². The molecule has 0 unspecified atom stereocenters. The summed E-state index contributed by atoms with van der Waals surface area (Å²) in [7, 11) is 3.08. The van der Waals surface area contributed by atoms with Crippen LogP contribution in [0.1, 0.15) is 97.4 Å². The molecule has 520 valence electrons. The number of carbonyl (C=O) groups is 1. The minimum atomic E-state index is -0.657. The van der Waals surface area contributed by atoms with Crippen molar-refractivity contribution in [1.29, 1.82) is 0 Å². The third-order valence-electron chi connectivity index (χ3n) is 15.5. The minimum absolute atomic E-state index is 0. The Kier molecular flexibility index (Phi) is 31.1. The van der Waals surface area contributed by atoms with E-state index in [0.717, 1.165) is 45.8 Å². The summed E-state index contributed by atoms with van der Waals surface area (Å²) in [6.07, 6.45) is 9.09. The fraction of sp³-hybridized carbons (Fsp3) is 0.163. The number of nitrogens with zero attached hydrogens (tertiary/aromatic N) is 8. The first-order valence-electron chi connectivity index (χ1n) is 31.6. The monoisotopic (exact) mass is 1540 g/mol. The molecule has 0 saturated heterocycles. The largest absolute Gasteiger partial charge is 0.507 e. The first-order chi connectivity index (χ1) is 48.6. The normalized spacial score (nSPS) is 12.7. The zero-order valence-corrected chi connectivity index (χ0v) is 63.3. The molecule has 4 heterocycles. The Morgan fingerprint density at radius 1 is 0.505 bits per heavy atom. The number of nitro benzene ring substituents is 1. The number of rotatable bonds is 13. The van der Waals surface area contributed by atoms with Crippen molar-refractivity contribution < 1.29 is 123 Å². The molecule has 0 saturated carbocycles. The van der Waals surface area contributed by atoms with E-state index in [0.29, 0.717) is 110 Å². The van der Waals surface area contributed by atoms with E-state index in [4.69, 9.17) is 15.0 Å². The SMILES string of the molecule is CCC.COc1ccc(C=O)c(OC)c1.Cc1ccc(C2=NCC(c3cc[c-]cc3F)=C2)c(O)c1.Cc1ccc(C2=NCC(c3cc[c-]cc3F)=C2)c(O)c1.Cc1ccc(C2=NCC(c3ccc(N=[N+]=[N-])cc3F)=C2)c(O)c1.Cc1ccc(C2=NCC(c3ccc([N+](=O)[O-])cc3F)=C2)c(O)c1.[Y].[Y]. The molecule has 2 radical (unpaired) electrons. The number of aryl methyl sites for hydroxylation is 4. The first-order valence-corrected chi connectivity index (χ1v) is 31.6. The van der Waals surface area contributed by atoms with E-state index in [1.54, 1.807) is 110 Å². The van der Waals surface area contributed by atoms with Crippen molar-refractivity contribution in [2.45, 2.75) is 48.0 Å². The number of phenols is 4. The second-order valence-electron chi connectivity index (χ2n) is 23.1. The van der Waals surface area contributed by atoms with Crippen LogP contribution < -0.4 is 9.47 Å². The van der Waals surface area contributed by atoms with Crippen molar-refractivity contribution in [3.05, 3.63) is 316 Å². The molecule has 13 rings (SSSR count). The standard InChI is InChI=1S/C17H13FN4O.C17H13FN2O3.2C17H13FNO.C9H10O3.C3H8.2Y/c1-10-2-4-14(17(23)6-10)16-7-11(9-20-16)13-5-3-12(21-22-19)8-15(13)18;1-10-2-4-14(17(21)6-10)16-7-11(9-19-16)13-5-3-12(20(22)23)8-15(13)18;2*1-11-6-7-14(17(20)8-11)16-9-12(10-19-16)13-4-2-3-5-15(13)18;1-11-8-4-3-7(6-10)9(5-8)12-2;1-3-2;;/h2-8,23H,9H2,1H3;2-8,21H,9H2,1H3;2*2,4-9,20H,10H2,1H3;3-6H,1-2H3;3H2,1-2H3;;/q;;2*-1;;;;. The summed E-state index contributed by atoms with van der Waals surface area (Å²) in [6, 6.07) is 49.2. The quantitative estimate of drug-likeness (QED) is 0.0125. The summed E-state index contributed by atoms with van der Waals surface area (Å²) in [4.78, 5) is 40.6. The Morgan fingerprint density at radius 3 is 1.16 bits per heavy atom. The van der Waals surface area contributed by atoms with Crippen LogP contribution in [-0.4, -0.2) is 94.9 Å². The summed E-state index contributed by atoms with van der Waals surface area (Å²) in [5.74, 6) is 0.145. The summed E-state index contributed by atoms with van der Waals surface area (Å²) in [5.41, 5.74) is 22.5. The topological polar surface area (TPSA) is 258 Å². The van der Waals surface area contributed by atoms with Gasteiger partial charge in [-0.1, -0.05) is 72.9 Å². The maximum Gasteiger partial charge on any atom is 0.272 e. The number of nitro groups is 1. The van der Waals surface area contributed by atoms with Crippen LogP contribution in [0.2, 0.25) is 0 Å². The maximum absolute atomic E-state index is 14.2. The Morgan fingerprint density at radius 2 is 0.854 bits per heavy atom. The van der Waals surface area contributed by atoms with E-state index >= 15 is 0 Å². The van der Waals surface area contributed by atoms with Gasteiger partial charge in [-0.2, -0.15) is 36.4 Å². The molecule has 4 N–H and O–H groups in total. The number of methoxy groups -OCH3 is 2. The number of aliphatic imine (C=N–C) groups is 4. The van der Waals surface area contributed by atoms with Gasteiger partial charge in [-0.05, 0) is 175 Å². The van der Waals surface area contributed by atoms with E-state index in [2.05, 4.69) is 56.0 Å². The number of hydrogen-bond donors (Lipinski definition) is 4. The van der Waals surface area contributed by atoms with Gasteiger partial charge in [0.2, 0.25) is 0 Å². The molecule has 0 aliphatic carbocycles. The van der Waals surface area contributed by atoms with E-state index in [1.165, 1.54) is 43.9 Å². The average Bonchev–Trinajstić information content (AvgIpc) is 1.70. The van der Waals surface area contributed by atoms with Gasteiger partial charge in [0.15, 0.2) is 6.29 Å². The van der Waals surface area contributed by atoms with Gasteiger partial charge in [0.05, 0.1) is 79.8 Å². The molecule has 0 atom stereocenters. The molecular weight excluding hydrogens is 1470 g/mol. The molecule has 0 aromatic heterocycles. The number of allylic oxidation sites excluding steroid dienone is 4. The molecule has 0 amide bonds. The van der Waals surface area contributed by atoms with Crippen LogP contribution in [0.15, 0.2) is 213 Å². The average molecular weight is 1540 g/mol. The van der Waals surface area contributed by atoms with Crippen LogP contribution in [-0.2, 0) is 65.4 Å². The van der Waals surface area contributed by atoms with Gasteiger partial charge in [-0.15, -0.1) is 12.1 Å². The number of ether oxygens (including phenoxy) is 2. The van der Waals surface area contributed by atoms with Gasteiger partial charge in [0.25, 0.3) is 5.69 Å². The summed E-state index contributed by atoms with van der Waals surface area (Å²) in [6.45, 7) is 13.3. The third-order valence-corrected chi connectivity index (χ3v) is 15.5. The fourth-order valence-corrected chi connectivity index (χ4v) is 10.5. The van der Waals surface area contributed by atoms with E-state index in [9.17, 15) is 52.9 Å². The predicted octanol–water partition coefficient (Wildman–Crippen LogP) is 18.3. The van der Waals surface area contributed by atoms with Crippen molar-refractivity contribution in [2.24, 2.45) is 25.1 Å². The van der Waals surface area contributed by atoms with Gasteiger partial charge >= 0.3 is 0 Å². The summed E-state index contributed by atoms with van der Waals surface area (Å²) in [5, 5.41) is 54.0. The van der Waals surface area contributed by atoms with Crippen molar-refractivity contribution in [3.63, 3.8) is 0 Å². The van der Waals surface area contributed by atoms with Crippen molar-refractivity contribution in [3.8, 4) is 34.5 Å².